The molecule has 0 spiro atoms. The van der Waals surface area contributed by atoms with Gasteiger partial charge in [-0.2, -0.15) is 4.98 Å². The Kier molecular flexibility index (Phi) is 6.92. The molecule has 0 amide bonds. The van der Waals surface area contributed by atoms with E-state index in [1.165, 1.54) is 5.56 Å². The molecule has 166 valence electrons. The lowest BCUT2D eigenvalue weighted by atomic mass is 9.94. The highest BCUT2D eigenvalue weighted by Crippen LogP contribution is 2.37. The van der Waals surface area contributed by atoms with Crippen LogP contribution in [-0.2, 0) is 0 Å². The van der Waals surface area contributed by atoms with Gasteiger partial charge >= 0.3 is 0 Å². The maximum Gasteiger partial charge on any atom is 0.258 e. The maximum absolute atomic E-state index is 6.16. The second-order valence-electron chi connectivity index (χ2n) is 8.08. The van der Waals surface area contributed by atoms with Crippen LogP contribution in [-0.4, -0.2) is 26.7 Å². The zero-order valence-corrected chi connectivity index (χ0v) is 20.1. The predicted molar refractivity (Wildman–Crippen MR) is 133 cm³/mol. The minimum absolute atomic E-state index is 0.168. The summed E-state index contributed by atoms with van der Waals surface area (Å²) in [5.74, 6) is 0.995. The van der Waals surface area contributed by atoms with Crippen LogP contribution in [0.5, 0.6) is 0 Å². The summed E-state index contributed by atoms with van der Waals surface area (Å²) < 4.78 is 5.78. The molecule has 0 radical (unpaired) electrons. The van der Waals surface area contributed by atoms with Gasteiger partial charge in [-0.25, -0.2) is 0 Å². The number of benzene rings is 2. The van der Waals surface area contributed by atoms with Gasteiger partial charge in [0.25, 0.3) is 5.89 Å². The molecule has 1 aliphatic heterocycles. The van der Waals surface area contributed by atoms with Crippen LogP contribution in [0.25, 0.3) is 17.0 Å². The van der Waals surface area contributed by atoms with Gasteiger partial charge < -0.3 is 14.7 Å². The van der Waals surface area contributed by atoms with Crippen molar-refractivity contribution in [3.8, 4) is 11.4 Å². The molecule has 1 unspecified atom stereocenters. The highest BCUT2D eigenvalue weighted by Gasteiger charge is 2.33. The molecule has 0 bridgehead atoms. The van der Waals surface area contributed by atoms with E-state index in [4.69, 9.17) is 33.3 Å². The summed E-state index contributed by atoms with van der Waals surface area (Å²) in [4.78, 5) is 6.89. The van der Waals surface area contributed by atoms with Crippen LogP contribution in [0.3, 0.4) is 0 Å². The van der Waals surface area contributed by atoms with Crippen molar-refractivity contribution < 1.29 is 4.52 Å². The first-order chi connectivity index (χ1) is 15.5. The van der Waals surface area contributed by atoms with E-state index in [9.17, 15) is 0 Å². The lowest BCUT2D eigenvalue weighted by Gasteiger charge is -2.37. The molecule has 0 saturated carbocycles. The molecule has 0 aliphatic carbocycles. The van der Waals surface area contributed by atoms with Crippen molar-refractivity contribution >= 4 is 34.5 Å². The van der Waals surface area contributed by atoms with Crippen LogP contribution < -0.4 is 5.32 Å². The van der Waals surface area contributed by atoms with E-state index in [1.807, 2.05) is 24.3 Å². The van der Waals surface area contributed by atoms with Crippen LogP contribution in [0, 0.1) is 6.92 Å². The molecule has 1 atom stereocenters. The van der Waals surface area contributed by atoms with Gasteiger partial charge in [0.15, 0.2) is 5.11 Å². The Labute approximate surface area is 199 Å². The van der Waals surface area contributed by atoms with Crippen molar-refractivity contribution in [1.29, 1.82) is 0 Å². The van der Waals surface area contributed by atoms with E-state index in [-0.39, 0.29) is 6.04 Å². The van der Waals surface area contributed by atoms with Crippen molar-refractivity contribution in [3.63, 3.8) is 0 Å². The highest BCUT2D eigenvalue weighted by molar-refractivity contribution is 7.80. The molecule has 1 N–H and O–H groups in total. The van der Waals surface area contributed by atoms with Gasteiger partial charge in [-0.15, -0.1) is 0 Å². The highest BCUT2D eigenvalue weighted by atomic mass is 35.5. The average Bonchev–Trinajstić information content (AvgIpc) is 3.26. The minimum Gasteiger partial charge on any atom is -0.351 e. The van der Waals surface area contributed by atoms with Crippen molar-refractivity contribution in [2.75, 3.05) is 6.54 Å². The van der Waals surface area contributed by atoms with E-state index in [1.54, 1.807) is 0 Å². The third-order valence-electron chi connectivity index (χ3n) is 5.73. The molecule has 2 aromatic carbocycles. The van der Waals surface area contributed by atoms with Crippen molar-refractivity contribution in [3.05, 3.63) is 76.3 Å². The number of aryl methyl sites for hydroxylation is 1. The fourth-order valence-corrected chi connectivity index (χ4v) is 4.47. The number of halogens is 1. The summed E-state index contributed by atoms with van der Waals surface area (Å²) >= 11 is 11.9. The second-order valence-corrected chi connectivity index (χ2v) is 8.91. The molecule has 1 aliphatic rings. The number of hydrogen-bond acceptors (Lipinski definition) is 4. The van der Waals surface area contributed by atoms with Crippen molar-refractivity contribution in [2.24, 2.45) is 0 Å². The van der Waals surface area contributed by atoms with Crippen LogP contribution in [0.2, 0.25) is 5.02 Å². The number of aromatic nitrogens is 2. The third-order valence-corrected chi connectivity index (χ3v) is 6.30. The normalized spacial score (nSPS) is 16.4. The first kappa shape index (κ1) is 22.5. The smallest absolute Gasteiger partial charge is 0.258 e. The summed E-state index contributed by atoms with van der Waals surface area (Å²) in [5, 5.41) is 9.12. The zero-order chi connectivity index (χ0) is 22.7. The van der Waals surface area contributed by atoms with Crippen LogP contribution in [0.15, 0.2) is 58.8 Å². The fourth-order valence-electron chi connectivity index (χ4n) is 3.93. The molecule has 7 heteroatoms. The number of allylic oxidation sites excluding steroid dienone is 1. The quantitative estimate of drug-likeness (QED) is 0.314. The molecule has 3 aromatic rings. The summed E-state index contributed by atoms with van der Waals surface area (Å²) in [6.45, 7) is 7.21. The number of unbranched alkanes of at least 4 members (excludes halogenated alkanes) is 2. The second kappa shape index (κ2) is 9.84. The summed E-state index contributed by atoms with van der Waals surface area (Å²) in [6, 6.07) is 15.7. The predicted octanol–water partition coefficient (Wildman–Crippen LogP) is 6.55. The number of rotatable bonds is 7. The minimum atomic E-state index is -0.168. The maximum atomic E-state index is 6.16. The first-order valence-corrected chi connectivity index (χ1v) is 11.7. The van der Waals surface area contributed by atoms with Gasteiger partial charge in [-0.05, 0) is 50.2 Å². The summed E-state index contributed by atoms with van der Waals surface area (Å²) in [5.41, 5.74) is 5.10. The van der Waals surface area contributed by atoms with E-state index in [0.29, 0.717) is 16.7 Å². The monoisotopic (exact) mass is 466 g/mol. The van der Waals surface area contributed by atoms with Gasteiger partial charge in [0.05, 0.1) is 11.6 Å². The van der Waals surface area contributed by atoms with E-state index in [0.717, 1.165) is 53.3 Å². The van der Waals surface area contributed by atoms with Gasteiger partial charge in [-0.3, -0.25) is 0 Å². The Hall–Kier alpha value is -2.70. The molecule has 0 fully saturated rings. The average molecular weight is 467 g/mol. The number of nitrogens with zero attached hydrogens (tertiary/aromatic N) is 3. The molecular formula is C25H27ClN4OS. The number of thiocarbonyl (C=S) groups is 1. The fraction of sp³-hybridized carbons (Fsp3) is 0.320. The molecule has 4 rings (SSSR count). The Bertz CT molecular complexity index is 1140. The van der Waals surface area contributed by atoms with Crippen LogP contribution in [0.1, 0.15) is 56.2 Å². The first-order valence-electron chi connectivity index (χ1n) is 10.9. The van der Waals surface area contributed by atoms with Gasteiger partial charge in [0.1, 0.15) is 0 Å². The van der Waals surface area contributed by atoms with Crippen molar-refractivity contribution in [1.82, 2.24) is 20.4 Å². The zero-order valence-electron chi connectivity index (χ0n) is 18.6. The lowest BCUT2D eigenvalue weighted by molar-refractivity contribution is 0.395. The van der Waals surface area contributed by atoms with E-state index < -0.39 is 0 Å². The number of hydrogen-bond donors (Lipinski definition) is 1. The third kappa shape index (κ3) is 4.71. The lowest BCUT2D eigenvalue weighted by Crippen LogP contribution is -2.46. The molecule has 32 heavy (non-hydrogen) atoms. The van der Waals surface area contributed by atoms with Crippen LogP contribution in [0.4, 0.5) is 0 Å². The van der Waals surface area contributed by atoms with Gasteiger partial charge in [-0.1, -0.05) is 78.5 Å². The Balaban J connectivity index is 1.77. The Morgan fingerprint density at radius 3 is 2.62 bits per heavy atom. The Morgan fingerprint density at radius 1 is 1.12 bits per heavy atom. The van der Waals surface area contributed by atoms with E-state index >= 15 is 0 Å². The van der Waals surface area contributed by atoms with Crippen molar-refractivity contribution in [2.45, 2.75) is 46.1 Å². The number of nitrogens with one attached hydrogen (secondary N) is 1. The molecule has 5 nitrogen and oxygen atoms in total. The SMILES string of the molecule is CCCCCN1C(=S)NC(c2ccc(C)cc2)C(c2nc(-c3cccc(Cl)c3)no2)=C1C. The van der Waals surface area contributed by atoms with Crippen LogP contribution >= 0.6 is 23.8 Å². The standard InChI is InChI=1S/C25H27ClN4OS/c1-4-5-6-14-30-17(3)21(22(27-25(30)32)18-12-10-16(2)11-13-18)24-28-23(29-31-24)19-8-7-9-20(26)15-19/h7-13,15,22H,4-6,14H2,1-3H3,(H,27,32). The largest absolute Gasteiger partial charge is 0.351 e. The summed E-state index contributed by atoms with van der Waals surface area (Å²) in [7, 11) is 0. The van der Waals surface area contributed by atoms with Gasteiger partial charge in [0.2, 0.25) is 5.82 Å². The van der Waals surface area contributed by atoms with Gasteiger partial charge in [0, 0.05) is 22.8 Å². The molecule has 2 heterocycles. The topological polar surface area (TPSA) is 54.2 Å². The Morgan fingerprint density at radius 2 is 1.91 bits per heavy atom. The van der Waals surface area contributed by atoms with E-state index in [2.05, 4.69) is 60.4 Å². The summed E-state index contributed by atoms with van der Waals surface area (Å²) in [6.07, 6.45) is 3.38. The molecule has 1 aromatic heterocycles. The molecular weight excluding hydrogens is 440 g/mol. The molecule has 0 saturated heterocycles.